The van der Waals surface area contributed by atoms with Gasteiger partial charge in [0.2, 0.25) is 0 Å². The highest BCUT2D eigenvalue weighted by molar-refractivity contribution is 14.1. The van der Waals surface area contributed by atoms with E-state index in [4.69, 9.17) is 10.5 Å². The van der Waals surface area contributed by atoms with Crippen LogP contribution in [-0.2, 0) is 6.54 Å². The molecule has 2 rings (SSSR count). The smallest absolute Gasteiger partial charge is 0.267 e. The minimum absolute atomic E-state index is 0.0333. The average molecular weight is 371 g/mol. The minimum Gasteiger partial charge on any atom is -0.492 e. The summed E-state index contributed by atoms with van der Waals surface area (Å²) in [6, 6.07) is 7.15. The molecule has 0 radical (unpaired) electrons. The van der Waals surface area contributed by atoms with Crippen LogP contribution >= 0.6 is 22.6 Å². The Kier molecular flexibility index (Phi) is 4.41. The predicted octanol–water partition coefficient (Wildman–Crippen LogP) is 1.82. The Labute approximate surface area is 124 Å². The number of benzene rings is 1. The number of hydrogen-bond acceptors (Lipinski definition) is 4. The van der Waals surface area contributed by atoms with Crippen molar-refractivity contribution >= 4 is 28.3 Å². The maximum Gasteiger partial charge on any atom is 0.267 e. The molecule has 0 amide bonds. The molecule has 1 heterocycles. The van der Waals surface area contributed by atoms with E-state index in [-0.39, 0.29) is 5.56 Å². The number of hydrogen-bond donors (Lipinski definition) is 1. The zero-order valence-electron chi connectivity index (χ0n) is 10.5. The Morgan fingerprint density at radius 1 is 1.37 bits per heavy atom. The molecule has 0 aliphatic carbocycles. The monoisotopic (exact) mass is 371 g/mol. The van der Waals surface area contributed by atoms with E-state index in [1.54, 1.807) is 35.2 Å². The topological polar surface area (TPSA) is 70.1 Å². The van der Waals surface area contributed by atoms with Crippen LogP contribution in [0.1, 0.15) is 5.69 Å². The molecule has 0 saturated heterocycles. The Bertz CT molecular complexity index is 623. The van der Waals surface area contributed by atoms with Crippen LogP contribution in [0.5, 0.6) is 5.75 Å². The Morgan fingerprint density at radius 3 is 2.74 bits per heavy atom. The van der Waals surface area contributed by atoms with Gasteiger partial charge in [-0.3, -0.25) is 9.36 Å². The van der Waals surface area contributed by atoms with Gasteiger partial charge in [-0.15, -0.1) is 0 Å². The van der Waals surface area contributed by atoms with Crippen molar-refractivity contribution in [2.24, 2.45) is 0 Å². The number of aryl methyl sites for hydroxylation is 1. The lowest BCUT2D eigenvalue weighted by molar-refractivity contribution is 0.295. The van der Waals surface area contributed by atoms with Crippen molar-refractivity contribution in [3.8, 4) is 5.75 Å². The molecule has 2 aromatic rings. The van der Waals surface area contributed by atoms with Crippen LogP contribution in [0, 0.1) is 10.5 Å². The van der Waals surface area contributed by atoms with E-state index in [0.29, 0.717) is 22.4 Å². The van der Waals surface area contributed by atoms with Gasteiger partial charge in [0.15, 0.2) is 0 Å². The van der Waals surface area contributed by atoms with Crippen molar-refractivity contribution in [3.05, 3.63) is 50.2 Å². The van der Waals surface area contributed by atoms with Gasteiger partial charge in [-0.05, 0) is 53.8 Å². The van der Waals surface area contributed by atoms with E-state index in [1.165, 1.54) is 0 Å². The van der Waals surface area contributed by atoms with Crippen molar-refractivity contribution in [1.29, 1.82) is 0 Å². The van der Waals surface area contributed by atoms with Crippen molar-refractivity contribution in [2.45, 2.75) is 13.5 Å². The summed E-state index contributed by atoms with van der Waals surface area (Å²) in [6.45, 7) is 2.69. The fourth-order valence-corrected chi connectivity index (χ4v) is 1.98. The first-order chi connectivity index (χ1) is 9.08. The Morgan fingerprint density at radius 2 is 2.05 bits per heavy atom. The number of aromatic nitrogens is 2. The van der Waals surface area contributed by atoms with Gasteiger partial charge >= 0.3 is 0 Å². The van der Waals surface area contributed by atoms with Gasteiger partial charge < -0.3 is 10.5 Å². The summed E-state index contributed by atoms with van der Waals surface area (Å²) >= 11 is 2.01. The van der Waals surface area contributed by atoms with E-state index in [9.17, 15) is 4.79 Å². The number of nitrogen functional groups attached to an aromatic ring is 1. The first-order valence-electron chi connectivity index (χ1n) is 5.78. The molecule has 0 fully saturated rings. The molecule has 5 nitrogen and oxygen atoms in total. The third-order valence-electron chi connectivity index (χ3n) is 2.64. The maximum atomic E-state index is 11.9. The molecular weight excluding hydrogens is 357 g/mol. The summed E-state index contributed by atoms with van der Waals surface area (Å²) in [7, 11) is 0. The quantitative estimate of drug-likeness (QED) is 0.658. The average Bonchev–Trinajstić information content (AvgIpc) is 2.41. The summed E-state index contributed by atoms with van der Waals surface area (Å²) in [6.07, 6.45) is 1.55. The van der Waals surface area contributed by atoms with Crippen LogP contribution in [-0.4, -0.2) is 16.2 Å². The fraction of sp³-hybridized carbons (Fsp3) is 0.231. The standard InChI is InChI=1S/C13H14IN3O2/c1-9-12(14)13(18)17(8-16-9)6-7-19-11-4-2-10(15)3-5-11/h2-5,8H,6-7,15H2,1H3. The summed E-state index contributed by atoms with van der Waals surface area (Å²) in [5.41, 5.74) is 7.00. The first kappa shape index (κ1) is 13.9. The lowest BCUT2D eigenvalue weighted by atomic mass is 10.3. The fourth-order valence-electron chi connectivity index (χ4n) is 1.53. The Hall–Kier alpha value is -1.57. The molecule has 0 bridgehead atoms. The normalized spacial score (nSPS) is 10.4. The highest BCUT2D eigenvalue weighted by Gasteiger charge is 2.05. The second-order valence-corrected chi connectivity index (χ2v) is 5.14. The van der Waals surface area contributed by atoms with Crippen LogP contribution in [0.2, 0.25) is 0 Å². The van der Waals surface area contributed by atoms with Crippen LogP contribution in [0.15, 0.2) is 35.4 Å². The van der Waals surface area contributed by atoms with Gasteiger partial charge in [-0.1, -0.05) is 0 Å². The van der Waals surface area contributed by atoms with Gasteiger partial charge in [-0.2, -0.15) is 0 Å². The van der Waals surface area contributed by atoms with E-state index in [0.717, 1.165) is 11.4 Å². The third kappa shape index (κ3) is 3.46. The highest BCUT2D eigenvalue weighted by atomic mass is 127. The molecule has 0 unspecified atom stereocenters. The first-order valence-corrected chi connectivity index (χ1v) is 6.85. The molecule has 100 valence electrons. The zero-order chi connectivity index (χ0) is 13.8. The van der Waals surface area contributed by atoms with Gasteiger partial charge in [0.05, 0.1) is 22.1 Å². The molecule has 0 spiro atoms. The number of anilines is 1. The van der Waals surface area contributed by atoms with Gasteiger partial charge in [0, 0.05) is 5.69 Å². The molecule has 6 heteroatoms. The van der Waals surface area contributed by atoms with E-state index in [1.807, 2.05) is 29.5 Å². The highest BCUT2D eigenvalue weighted by Crippen LogP contribution is 2.12. The van der Waals surface area contributed by atoms with Crippen LogP contribution < -0.4 is 16.0 Å². The third-order valence-corrected chi connectivity index (χ3v) is 3.88. The van der Waals surface area contributed by atoms with Crippen molar-refractivity contribution in [2.75, 3.05) is 12.3 Å². The molecule has 0 atom stereocenters. The summed E-state index contributed by atoms with van der Waals surface area (Å²) in [5.74, 6) is 0.733. The molecule has 19 heavy (non-hydrogen) atoms. The van der Waals surface area contributed by atoms with Crippen molar-refractivity contribution in [1.82, 2.24) is 9.55 Å². The second-order valence-electron chi connectivity index (χ2n) is 4.06. The molecule has 2 N–H and O–H groups in total. The SMILES string of the molecule is Cc1ncn(CCOc2ccc(N)cc2)c(=O)c1I. The van der Waals surface area contributed by atoms with Crippen LogP contribution in [0.3, 0.4) is 0 Å². The van der Waals surface area contributed by atoms with E-state index >= 15 is 0 Å². The summed E-state index contributed by atoms with van der Waals surface area (Å²) in [5, 5.41) is 0. The van der Waals surface area contributed by atoms with Crippen molar-refractivity contribution < 1.29 is 4.74 Å². The number of ether oxygens (including phenoxy) is 1. The number of halogens is 1. The summed E-state index contributed by atoms with van der Waals surface area (Å²) < 4.78 is 7.74. The largest absolute Gasteiger partial charge is 0.492 e. The number of nitrogens with two attached hydrogens (primary N) is 1. The van der Waals surface area contributed by atoms with Crippen LogP contribution in [0.4, 0.5) is 5.69 Å². The lowest BCUT2D eigenvalue weighted by Crippen LogP contribution is -2.26. The number of nitrogens with zero attached hydrogens (tertiary/aromatic N) is 2. The molecule has 1 aromatic carbocycles. The summed E-state index contributed by atoms with van der Waals surface area (Å²) in [4.78, 5) is 16.1. The van der Waals surface area contributed by atoms with E-state index in [2.05, 4.69) is 4.98 Å². The molecule has 0 saturated carbocycles. The minimum atomic E-state index is -0.0333. The zero-order valence-corrected chi connectivity index (χ0v) is 12.6. The Balaban J connectivity index is 1.98. The number of rotatable bonds is 4. The molecular formula is C13H14IN3O2. The van der Waals surface area contributed by atoms with Crippen molar-refractivity contribution in [3.63, 3.8) is 0 Å². The van der Waals surface area contributed by atoms with Gasteiger partial charge in [0.1, 0.15) is 12.4 Å². The van der Waals surface area contributed by atoms with E-state index < -0.39 is 0 Å². The predicted molar refractivity (Wildman–Crippen MR) is 82.3 cm³/mol. The van der Waals surface area contributed by atoms with Crippen LogP contribution in [0.25, 0.3) is 0 Å². The molecule has 1 aromatic heterocycles. The second kappa shape index (κ2) is 6.05. The maximum absolute atomic E-state index is 11.9. The molecule has 0 aliphatic heterocycles. The van der Waals surface area contributed by atoms with Gasteiger partial charge in [0.25, 0.3) is 5.56 Å². The molecule has 0 aliphatic rings. The lowest BCUT2D eigenvalue weighted by Gasteiger charge is -2.09. The van der Waals surface area contributed by atoms with Gasteiger partial charge in [-0.25, -0.2) is 4.98 Å².